The van der Waals surface area contributed by atoms with Crippen LogP contribution in [0.2, 0.25) is 10.0 Å². The smallest absolute Gasteiger partial charge is 0.291 e. The summed E-state index contributed by atoms with van der Waals surface area (Å²) in [5, 5.41) is 1.41. The van der Waals surface area contributed by atoms with Gasteiger partial charge in [0, 0.05) is 21.0 Å². The molecule has 4 rings (SSSR count). The van der Waals surface area contributed by atoms with Gasteiger partial charge in [0.1, 0.15) is 21.7 Å². The van der Waals surface area contributed by atoms with Gasteiger partial charge in [-0.1, -0.05) is 59.6 Å². The van der Waals surface area contributed by atoms with E-state index in [1.54, 1.807) is 48.5 Å². The Balaban J connectivity index is 1.61. The zero-order chi connectivity index (χ0) is 26.1. The van der Waals surface area contributed by atoms with Crippen LogP contribution in [0, 0.1) is 0 Å². The second-order valence-electron chi connectivity index (χ2n) is 7.83. The second kappa shape index (κ2) is 10.3. The van der Waals surface area contributed by atoms with Crippen LogP contribution in [0.4, 0.5) is 13.2 Å². The first kappa shape index (κ1) is 26.3. The first-order chi connectivity index (χ1) is 16.9. The number of thiazole rings is 1. The number of hydrogen-bond acceptors (Lipinski definition) is 5. The van der Waals surface area contributed by atoms with Gasteiger partial charge in [-0.05, 0) is 47.5 Å². The van der Waals surface area contributed by atoms with Crippen LogP contribution in [-0.2, 0) is 16.0 Å². The Labute approximate surface area is 219 Å². The van der Waals surface area contributed by atoms with Crippen LogP contribution in [-0.4, -0.2) is 24.9 Å². The number of nitrogens with zero attached hydrogens (tertiary/aromatic N) is 1. The van der Waals surface area contributed by atoms with Gasteiger partial charge < -0.3 is 0 Å². The normalized spacial score (nSPS) is 12.2. The molecular formula is C25H16Cl2F3NO3S2. The van der Waals surface area contributed by atoms with Crippen molar-refractivity contribution in [2.24, 2.45) is 0 Å². The summed E-state index contributed by atoms with van der Waals surface area (Å²) in [6.07, 6.45) is -4.47. The lowest BCUT2D eigenvalue weighted by atomic mass is 10.0. The minimum absolute atomic E-state index is 0.0792. The number of hydrogen-bond donors (Lipinski definition) is 0. The highest BCUT2D eigenvalue weighted by Gasteiger charge is 2.33. The molecule has 0 spiro atoms. The predicted molar refractivity (Wildman–Crippen MR) is 135 cm³/mol. The Morgan fingerprint density at radius 2 is 1.36 bits per heavy atom. The largest absolute Gasteiger partial charge is 0.416 e. The molecule has 186 valence electrons. The monoisotopic (exact) mass is 569 g/mol. The molecule has 0 saturated carbocycles. The average molecular weight is 570 g/mol. The summed E-state index contributed by atoms with van der Waals surface area (Å²) in [5.74, 6) is -1.55. The number of aromatic nitrogens is 1. The van der Waals surface area contributed by atoms with Crippen LogP contribution in [0.5, 0.6) is 0 Å². The minimum Gasteiger partial charge on any atom is -0.291 e. The molecule has 4 aromatic rings. The molecule has 0 bridgehead atoms. The molecule has 0 aliphatic carbocycles. The van der Waals surface area contributed by atoms with E-state index in [9.17, 15) is 26.4 Å². The van der Waals surface area contributed by atoms with Crippen molar-refractivity contribution in [3.05, 3.63) is 111 Å². The summed E-state index contributed by atoms with van der Waals surface area (Å²) in [6.45, 7) is 0. The zero-order valence-electron chi connectivity index (χ0n) is 18.2. The molecular weight excluding hydrogens is 554 g/mol. The summed E-state index contributed by atoms with van der Waals surface area (Å²) in [5.41, 5.74) is 0.358. The van der Waals surface area contributed by atoms with E-state index in [4.69, 9.17) is 23.2 Å². The van der Waals surface area contributed by atoms with Gasteiger partial charge in [-0.25, -0.2) is 13.4 Å². The highest BCUT2D eigenvalue weighted by molar-refractivity contribution is 7.92. The van der Waals surface area contributed by atoms with Gasteiger partial charge in [-0.15, -0.1) is 11.3 Å². The van der Waals surface area contributed by atoms with E-state index in [0.29, 0.717) is 31.7 Å². The standard InChI is InChI=1S/C25H16Cl2F3NO3S2/c26-19-9-3-15(4-10-19)23(16-5-11-20(27)12-6-16)36(33,34)14-22(32)21-13-35-24(31-21)17-1-7-18(8-2-17)25(28,29)30/h1-13,23H,14H2. The number of alkyl halides is 3. The van der Waals surface area contributed by atoms with E-state index >= 15 is 0 Å². The van der Waals surface area contributed by atoms with Gasteiger partial charge in [0.05, 0.1) is 5.56 Å². The molecule has 1 aromatic heterocycles. The molecule has 4 nitrogen and oxygen atoms in total. The minimum atomic E-state index is -4.47. The van der Waals surface area contributed by atoms with Gasteiger partial charge in [0.2, 0.25) is 0 Å². The molecule has 0 aliphatic heterocycles. The molecule has 0 N–H and O–H groups in total. The number of carbonyl (C=O) groups is 1. The summed E-state index contributed by atoms with van der Waals surface area (Å²) in [6, 6.07) is 16.9. The van der Waals surface area contributed by atoms with Crippen molar-refractivity contribution in [3.8, 4) is 10.6 Å². The number of halogens is 5. The number of sulfone groups is 1. The highest BCUT2D eigenvalue weighted by atomic mass is 35.5. The van der Waals surface area contributed by atoms with E-state index < -0.39 is 38.4 Å². The third kappa shape index (κ3) is 5.98. The zero-order valence-corrected chi connectivity index (χ0v) is 21.3. The van der Waals surface area contributed by atoms with E-state index in [0.717, 1.165) is 23.5 Å². The van der Waals surface area contributed by atoms with E-state index in [1.807, 2.05) is 0 Å². The SMILES string of the molecule is O=C(CS(=O)(=O)C(c1ccc(Cl)cc1)c1ccc(Cl)cc1)c1csc(-c2ccc(C(F)(F)F)cc2)n1. The predicted octanol–water partition coefficient (Wildman–Crippen LogP) is 7.52. The maximum atomic E-state index is 13.5. The van der Waals surface area contributed by atoms with Crippen molar-refractivity contribution < 1.29 is 26.4 Å². The number of rotatable bonds is 7. The molecule has 0 unspecified atom stereocenters. The van der Waals surface area contributed by atoms with Crippen LogP contribution in [0.3, 0.4) is 0 Å². The van der Waals surface area contributed by atoms with E-state index in [1.165, 1.54) is 17.5 Å². The van der Waals surface area contributed by atoms with Crippen LogP contribution in [0.1, 0.15) is 32.4 Å². The van der Waals surface area contributed by atoms with Crippen molar-refractivity contribution >= 4 is 50.2 Å². The first-order valence-corrected chi connectivity index (χ1v) is 13.7. The van der Waals surface area contributed by atoms with E-state index in [2.05, 4.69) is 4.98 Å². The van der Waals surface area contributed by atoms with Crippen LogP contribution in [0.25, 0.3) is 10.6 Å². The molecule has 0 saturated heterocycles. The molecule has 1 heterocycles. The molecule has 0 amide bonds. The van der Waals surface area contributed by atoms with Crippen LogP contribution in [0.15, 0.2) is 78.2 Å². The van der Waals surface area contributed by atoms with Crippen molar-refractivity contribution in [1.29, 1.82) is 0 Å². The lowest BCUT2D eigenvalue weighted by molar-refractivity contribution is -0.137. The number of Topliss-reactive ketones (excluding diaryl/α,β-unsaturated/α-hetero) is 1. The van der Waals surface area contributed by atoms with Crippen LogP contribution < -0.4 is 0 Å². The van der Waals surface area contributed by atoms with Gasteiger partial charge >= 0.3 is 6.18 Å². The summed E-state index contributed by atoms with van der Waals surface area (Å²) < 4.78 is 65.4. The quantitative estimate of drug-likeness (QED) is 0.216. The van der Waals surface area contributed by atoms with Crippen molar-refractivity contribution in [1.82, 2.24) is 4.98 Å². The van der Waals surface area contributed by atoms with Crippen molar-refractivity contribution in [2.75, 3.05) is 5.75 Å². The fourth-order valence-electron chi connectivity index (χ4n) is 3.56. The Morgan fingerprint density at radius 3 is 1.83 bits per heavy atom. The summed E-state index contributed by atoms with van der Waals surface area (Å²) in [4.78, 5) is 17.1. The van der Waals surface area contributed by atoms with Gasteiger partial charge in [-0.2, -0.15) is 13.2 Å². The number of benzene rings is 3. The summed E-state index contributed by atoms with van der Waals surface area (Å²) in [7, 11) is -4.07. The highest BCUT2D eigenvalue weighted by Crippen LogP contribution is 2.34. The Morgan fingerprint density at radius 1 is 0.861 bits per heavy atom. The lowest BCUT2D eigenvalue weighted by Crippen LogP contribution is -2.23. The molecule has 0 atom stereocenters. The van der Waals surface area contributed by atoms with Crippen molar-refractivity contribution in [2.45, 2.75) is 11.4 Å². The molecule has 0 fully saturated rings. The molecule has 0 aliphatic rings. The van der Waals surface area contributed by atoms with E-state index in [-0.39, 0.29) is 5.69 Å². The fraction of sp³-hybridized carbons (Fsp3) is 0.120. The molecule has 11 heteroatoms. The summed E-state index contributed by atoms with van der Waals surface area (Å²) >= 11 is 13.0. The Kier molecular flexibility index (Phi) is 7.56. The van der Waals surface area contributed by atoms with Gasteiger partial charge in [0.15, 0.2) is 15.6 Å². The van der Waals surface area contributed by atoms with Gasteiger partial charge in [0.25, 0.3) is 0 Å². The molecule has 3 aromatic carbocycles. The Hall–Kier alpha value is -2.72. The third-order valence-corrected chi connectivity index (χ3v) is 8.61. The van der Waals surface area contributed by atoms with Crippen LogP contribution >= 0.6 is 34.5 Å². The first-order valence-electron chi connectivity index (χ1n) is 10.3. The van der Waals surface area contributed by atoms with Gasteiger partial charge in [-0.3, -0.25) is 4.79 Å². The topological polar surface area (TPSA) is 64.1 Å². The van der Waals surface area contributed by atoms with Crippen molar-refractivity contribution in [3.63, 3.8) is 0 Å². The Bertz CT molecular complexity index is 1440. The number of ketones is 1. The number of carbonyl (C=O) groups excluding carboxylic acids is 1. The molecule has 0 radical (unpaired) electrons. The third-order valence-electron chi connectivity index (χ3n) is 5.29. The maximum Gasteiger partial charge on any atom is 0.416 e. The average Bonchev–Trinajstić information content (AvgIpc) is 3.32. The lowest BCUT2D eigenvalue weighted by Gasteiger charge is -2.18. The molecule has 36 heavy (non-hydrogen) atoms. The fourth-order valence-corrected chi connectivity index (χ4v) is 6.46. The second-order valence-corrected chi connectivity index (χ2v) is 11.6. The maximum absolute atomic E-state index is 13.5.